The van der Waals surface area contributed by atoms with Crippen LogP contribution in [0.4, 0.5) is 0 Å². The first kappa shape index (κ1) is 14.2. The molecule has 0 radical (unpaired) electrons. The van der Waals surface area contributed by atoms with Crippen molar-refractivity contribution in [3.63, 3.8) is 0 Å². The fraction of sp³-hybridized carbons (Fsp3) is 0.455. The van der Waals surface area contributed by atoms with E-state index < -0.39 is 17.9 Å². The van der Waals surface area contributed by atoms with Crippen molar-refractivity contribution >= 4 is 11.8 Å². The largest absolute Gasteiger partial charge is 0.459 e. The molecule has 0 aliphatic rings. The normalized spacial score (nSPS) is 11.9. The van der Waals surface area contributed by atoms with Gasteiger partial charge in [-0.3, -0.25) is 14.4 Å². The van der Waals surface area contributed by atoms with Crippen molar-refractivity contribution < 1.29 is 23.6 Å². The van der Waals surface area contributed by atoms with Crippen molar-refractivity contribution in [3.8, 4) is 0 Å². The van der Waals surface area contributed by atoms with E-state index in [4.69, 9.17) is 14.0 Å². The van der Waals surface area contributed by atoms with Gasteiger partial charge in [0, 0.05) is 7.11 Å². The van der Waals surface area contributed by atoms with Gasteiger partial charge in [0.25, 0.3) is 11.8 Å². The third-order valence-electron chi connectivity index (χ3n) is 2.05. The first-order chi connectivity index (χ1) is 8.65. The van der Waals surface area contributed by atoms with Gasteiger partial charge in [-0.15, -0.1) is 0 Å². The van der Waals surface area contributed by atoms with E-state index in [-0.39, 0.29) is 12.4 Å². The summed E-state index contributed by atoms with van der Waals surface area (Å²) < 4.78 is 9.64. The van der Waals surface area contributed by atoms with Gasteiger partial charge in [0.2, 0.25) is 0 Å². The Morgan fingerprint density at radius 3 is 2.83 bits per heavy atom. The number of carbonyl (C=O) groups excluding carboxylic acids is 2. The number of hydroxylamine groups is 1. The van der Waals surface area contributed by atoms with Crippen molar-refractivity contribution in [3.05, 3.63) is 24.2 Å². The number of furan rings is 1. The van der Waals surface area contributed by atoms with Crippen molar-refractivity contribution in [2.45, 2.75) is 13.0 Å². The monoisotopic (exact) mass is 256 g/mol. The summed E-state index contributed by atoms with van der Waals surface area (Å²) in [6.07, 6.45) is 1.38. The van der Waals surface area contributed by atoms with Crippen LogP contribution in [0.25, 0.3) is 0 Å². The van der Waals surface area contributed by atoms with Crippen molar-refractivity contribution in [2.24, 2.45) is 0 Å². The molecule has 1 aromatic rings. The summed E-state index contributed by atoms with van der Waals surface area (Å²) in [5, 5.41) is 2.47. The van der Waals surface area contributed by atoms with E-state index >= 15 is 0 Å². The minimum atomic E-state index is -0.731. The molecule has 1 rings (SSSR count). The van der Waals surface area contributed by atoms with Crippen LogP contribution in [0.15, 0.2) is 22.8 Å². The van der Waals surface area contributed by atoms with Crippen molar-refractivity contribution in [2.75, 3.05) is 20.3 Å². The van der Waals surface area contributed by atoms with Crippen LogP contribution >= 0.6 is 0 Å². The number of methoxy groups -OCH3 is 1. The molecule has 7 nitrogen and oxygen atoms in total. The maximum atomic E-state index is 11.6. The molecule has 0 saturated carbocycles. The van der Waals surface area contributed by atoms with Gasteiger partial charge in [-0.05, 0) is 19.1 Å². The minimum absolute atomic E-state index is 0.148. The average molecular weight is 256 g/mol. The Morgan fingerprint density at radius 2 is 2.22 bits per heavy atom. The molecular formula is C11H16N2O5. The van der Waals surface area contributed by atoms with Crippen LogP contribution in [0, 0.1) is 0 Å². The summed E-state index contributed by atoms with van der Waals surface area (Å²) in [6, 6.07) is 2.37. The number of rotatable bonds is 7. The molecule has 100 valence electrons. The number of ether oxygens (including phenoxy) is 1. The first-order valence-corrected chi connectivity index (χ1v) is 5.40. The van der Waals surface area contributed by atoms with Crippen LogP contribution in [0.2, 0.25) is 0 Å². The van der Waals surface area contributed by atoms with Crippen LogP contribution in [-0.2, 0) is 14.4 Å². The van der Waals surface area contributed by atoms with E-state index in [2.05, 4.69) is 10.8 Å². The van der Waals surface area contributed by atoms with Crippen LogP contribution in [0.1, 0.15) is 17.5 Å². The maximum Gasteiger partial charge on any atom is 0.287 e. The van der Waals surface area contributed by atoms with E-state index in [1.165, 1.54) is 26.4 Å². The van der Waals surface area contributed by atoms with E-state index in [1.807, 2.05) is 0 Å². The molecule has 0 spiro atoms. The second-order valence-electron chi connectivity index (χ2n) is 3.48. The van der Waals surface area contributed by atoms with Crippen LogP contribution in [-0.4, -0.2) is 38.2 Å². The van der Waals surface area contributed by atoms with Crippen LogP contribution in [0.3, 0.4) is 0 Å². The van der Waals surface area contributed by atoms with Gasteiger partial charge in [-0.1, -0.05) is 0 Å². The topological polar surface area (TPSA) is 89.8 Å². The Balaban J connectivity index is 2.29. The SMILES string of the molecule is COCCONC(=O)C(C)NC(=O)c1ccco1. The summed E-state index contributed by atoms with van der Waals surface area (Å²) in [6.45, 7) is 2.14. The molecule has 0 bridgehead atoms. The highest BCUT2D eigenvalue weighted by atomic mass is 16.7. The van der Waals surface area contributed by atoms with Gasteiger partial charge in [0.15, 0.2) is 5.76 Å². The van der Waals surface area contributed by atoms with Crippen LogP contribution in [0.5, 0.6) is 0 Å². The minimum Gasteiger partial charge on any atom is -0.459 e. The zero-order valence-electron chi connectivity index (χ0n) is 10.3. The van der Waals surface area contributed by atoms with Gasteiger partial charge >= 0.3 is 0 Å². The summed E-state index contributed by atoms with van der Waals surface area (Å²) in [4.78, 5) is 27.9. The zero-order chi connectivity index (χ0) is 13.4. The Hall–Kier alpha value is -1.86. The fourth-order valence-electron chi connectivity index (χ4n) is 1.08. The van der Waals surface area contributed by atoms with Gasteiger partial charge < -0.3 is 14.5 Å². The molecule has 0 fully saturated rings. The molecule has 18 heavy (non-hydrogen) atoms. The highest BCUT2D eigenvalue weighted by Gasteiger charge is 2.17. The van der Waals surface area contributed by atoms with E-state index in [0.29, 0.717) is 6.61 Å². The number of hydrogen-bond acceptors (Lipinski definition) is 5. The van der Waals surface area contributed by atoms with Crippen molar-refractivity contribution in [1.29, 1.82) is 0 Å². The number of nitrogens with one attached hydrogen (secondary N) is 2. The third-order valence-corrected chi connectivity index (χ3v) is 2.05. The fourth-order valence-corrected chi connectivity index (χ4v) is 1.08. The highest BCUT2D eigenvalue weighted by molar-refractivity contribution is 5.95. The predicted molar refractivity (Wildman–Crippen MR) is 61.6 cm³/mol. The maximum absolute atomic E-state index is 11.6. The molecule has 2 amide bonds. The molecule has 0 aliphatic heterocycles. The number of amides is 2. The lowest BCUT2D eigenvalue weighted by Gasteiger charge is -2.12. The Labute approximate surface area is 104 Å². The molecule has 0 aromatic carbocycles. The zero-order valence-corrected chi connectivity index (χ0v) is 10.3. The Kier molecular flexibility index (Phi) is 5.89. The standard InChI is InChI=1S/C11H16N2O5/c1-8(10(14)13-18-7-6-16-2)12-11(15)9-4-3-5-17-9/h3-5,8H,6-7H2,1-2H3,(H,12,15)(H,13,14). The quantitative estimate of drug-likeness (QED) is 0.533. The predicted octanol–water partition coefficient (Wildman–Crippen LogP) is 0.0921. The molecule has 1 heterocycles. The van der Waals surface area contributed by atoms with Gasteiger partial charge in [-0.25, -0.2) is 5.48 Å². The number of carbonyl (C=O) groups is 2. The molecule has 0 saturated heterocycles. The molecule has 1 aromatic heterocycles. The lowest BCUT2D eigenvalue weighted by molar-refractivity contribution is -0.136. The molecule has 7 heteroatoms. The third kappa shape index (κ3) is 4.56. The second kappa shape index (κ2) is 7.46. The molecule has 1 unspecified atom stereocenters. The molecular weight excluding hydrogens is 240 g/mol. The Bertz CT molecular complexity index is 377. The molecule has 1 atom stereocenters. The molecule has 2 N–H and O–H groups in total. The van der Waals surface area contributed by atoms with Gasteiger partial charge in [-0.2, -0.15) is 0 Å². The summed E-state index contributed by atoms with van der Waals surface area (Å²) >= 11 is 0. The van der Waals surface area contributed by atoms with Crippen LogP contribution < -0.4 is 10.8 Å². The first-order valence-electron chi connectivity index (χ1n) is 5.40. The highest BCUT2D eigenvalue weighted by Crippen LogP contribution is 1.99. The van der Waals surface area contributed by atoms with Gasteiger partial charge in [0.05, 0.1) is 19.5 Å². The number of hydrogen-bond donors (Lipinski definition) is 2. The summed E-state index contributed by atoms with van der Waals surface area (Å²) in [5.41, 5.74) is 2.20. The second-order valence-corrected chi connectivity index (χ2v) is 3.48. The van der Waals surface area contributed by atoms with E-state index in [1.54, 1.807) is 6.07 Å². The smallest absolute Gasteiger partial charge is 0.287 e. The lowest BCUT2D eigenvalue weighted by Crippen LogP contribution is -2.44. The summed E-state index contributed by atoms with van der Waals surface area (Å²) in [7, 11) is 1.53. The van der Waals surface area contributed by atoms with E-state index in [0.717, 1.165) is 0 Å². The average Bonchev–Trinajstić information content (AvgIpc) is 2.88. The molecule has 0 aliphatic carbocycles. The van der Waals surface area contributed by atoms with Gasteiger partial charge in [0.1, 0.15) is 6.04 Å². The van der Waals surface area contributed by atoms with Crippen molar-refractivity contribution in [1.82, 2.24) is 10.8 Å². The summed E-state index contributed by atoms with van der Waals surface area (Å²) in [5.74, 6) is -0.763. The lowest BCUT2D eigenvalue weighted by atomic mass is 10.3. The Morgan fingerprint density at radius 1 is 1.44 bits per heavy atom. The van der Waals surface area contributed by atoms with E-state index in [9.17, 15) is 9.59 Å².